The van der Waals surface area contributed by atoms with Gasteiger partial charge in [-0.3, -0.25) is 14.4 Å². The third-order valence-corrected chi connectivity index (χ3v) is 3.76. The van der Waals surface area contributed by atoms with Gasteiger partial charge in [-0.1, -0.05) is 0 Å². The standard InChI is InChI=1S/C14H22N2O4/c1-2-20-14(19)11-4-3-7-16(9-11)12(17)8-15-13(18)10-5-6-10/h10-11H,2-9H2,1H3,(H,15,18). The van der Waals surface area contributed by atoms with E-state index in [-0.39, 0.29) is 36.2 Å². The number of rotatable bonds is 5. The second-order valence-corrected chi connectivity index (χ2v) is 5.42. The highest BCUT2D eigenvalue weighted by molar-refractivity contribution is 5.87. The van der Waals surface area contributed by atoms with E-state index in [0.717, 1.165) is 25.7 Å². The number of carbonyl (C=O) groups excluding carboxylic acids is 3. The first kappa shape index (κ1) is 14.8. The molecule has 1 heterocycles. The van der Waals surface area contributed by atoms with Crippen LogP contribution in [0.1, 0.15) is 32.6 Å². The molecule has 1 saturated heterocycles. The van der Waals surface area contributed by atoms with Crippen molar-refractivity contribution in [3.8, 4) is 0 Å². The molecule has 1 saturated carbocycles. The number of piperidine rings is 1. The Morgan fingerprint density at radius 1 is 1.20 bits per heavy atom. The van der Waals surface area contributed by atoms with Gasteiger partial charge >= 0.3 is 5.97 Å². The molecule has 1 unspecified atom stereocenters. The number of esters is 1. The Morgan fingerprint density at radius 3 is 2.60 bits per heavy atom. The van der Waals surface area contributed by atoms with Crippen LogP contribution in [0.25, 0.3) is 0 Å². The molecule has 0 aromatic rings. The molecule has 112 valence electrons. The van der Waals surface area contributed by atoms with E-state index < -0.39 is 0 Å². The molecule has 0 bridgehead atoms. The molecule has 20 heavy (non-hydrogen) atoms. The van der Waals surface area contributed by atoms with E-state index in [4.69, 9.17) is 4.74 Å². The Labute approximate surface area is 118 Å². The molecule has 2 amide bonds. The molecule has 1 N–H and O–H groups in total. The van der Waals surface area contributed by atoms with Crippen molar-refractivity contribution in [2.75, 3.05) is 26.2 Å². The molecule has 2 fully saturated rings. The molecule has 6 heteroatoms. The van der Waals surface area contributed by atoms with Crippen LogP contribution >= 0.6 is 0 Å². The number of amides is 2. The molecule has 2 aliphatic rings. The van der Waals surface area contributed by atoms with Crippen molar-refractivity contribution in [2.24, 2.45) is 11.8 Å². The molecule has 2 rings (SSSR count). The van der Waals surface area contributed by atoms with Crippen LogP contribution in [0.3, 0.4) is 0 Å². The van der Waals surface area contributed by atoms with Crippen molar-refractivity contribution in [3.05, 3.63) is 0 Å². The average molecular weight is 282 g/mol. The Kier molecular flexibility index (Phi) is 4.98. The summed E-state index contributed by atoms with van der Waals surface area (Å²) in [5, 5.41) is 2.66. The third-order valence-electron chi connectivity index (χ3n) is 3.76. The van der Waals surface area contributed by atoms with Gasteiger partial charge in [0.15, 0.2) is 0 Å². The number of carbonyl (C=O) groups is 3. The van der Waals surface area contributed by atoms with Crippen LogP contribution in [0, 0.1) is 11.8 Å². The Morgan fingerprint density at radius 2 is 1.95 bits per heavy atom. The average Bonchev–Trinajstić information content (AvgIpc) is 3.29. The zero-order valence-electron chi connectivity index (χ0n) is 11.9. The lowest BCUT2D eigenvalue weighted by molar-refractivity contribution is -0.151. The fraction of sp³-hybridized carbons (Fsp3) is 0.786. The first-order valence-corrected chi connectivity index (χ1v) is 7.34. The van der Waals surface area contributed by atoms with Crippen LogP contribution in [-0.2, 0) is 19.1 Å². The van der Waals surface area contributed by atoms with Crippen LogP contribution in [0.2, 0.25) is 0 Å². The van der Waals surface area contributed by atoms with Crippen molar-refractivity contribution in [1.82, 2.24) is 10.2 Å². The molecule has 6 nitrogen and oxygen atoms in total. The smallest absolute Gasteiger partial charge is 0.310 e. The highest BCUT2D eigenvalue weighted by Gasteiger charge is 2.32. The van der Waals surface area contributed by atoms with E-state index in [9.17, 15) is 14.4 Å². The van der Waals surface area contributed by atoms with Crippen molar-refractivity contribution in [2.45, 2.75) is 32.6 Å². The van der Waals surface area contributed by atoms with E-state index in [0.29, 0.717) is 19.7 Å². The summed E-state index contributed by atoms with van der Waals surface area (Å²) in [6.07, 6.45) is 3.41. The molecule has 1 aliphatic heterocycles. The third kappa shape index (κ3) is 3.95. The fourth-order valence-electron chi connectivity index (χ4n) is 2.42. The first-order valence-electron chi connectivity index (χ1n) is 7.34. The van der Waals surface area contributed by atoms with Gasteiger partial charge < -0.3 is 15.0 Å². The Hall–Kier alpha value is -1.59. The number of ether oxygens (including phenoxy) is 1. The fourth-order valence-corrected chi connectivity index (χ4v) is 2.42. The number of hydrogen-bond acceptors (Lipinski definition) is 4. The maximum Gasteiger partial charge on any atom is 0.310 e. The summed E-state index contributed by atoms with van der Waals surface area (Å²) in [5.74, 6) is -0.500. The van der Waals surface area contributed by atoms with Gasteiger partial charge in [-0.15, -0.1) is 0 Å². The summed E-state index contributed by atoms with van der Waals surface area (Å²) in [5.41, 5.74) is 0. The van der Waals surface area contributed by atoms with Gasteiger partial charge in [0.1, 0.15) is 0 Å². The van der Waals surface area contributed by atoms with Crippen molar-refractivity contribution < 1.29 is 19.1 Å². The zero-order valence-corrected chi connectivity index (χ0v) is 11.9. The summed E-state index contributed by atoms with van der Waals surface area (Å²) >= 11 is 0. The van der Waals surface area contributed by atoms with Gasteiger partial charge in [0.05, 0.1) is 19.1 Å². The van der Waals surface area contributed by atoms with Crippen molar-refractivity contribution in [3.63, 3.8) is 0 Å². The van der Waals surface area contributed by atoms with Crippen LogP contribution in [-0.4, -0.2) is 48.9 Å². The molecular formula is C14H22N2O4. The van der Waals surface area contributed by atoms with E-state index in [1.165, 1.54) is 0 Å². The maximum absolute atomic E-state index is 12.0. The summed E-state index contributed by atoms with van der Waals surface area (Å²) in [6, 6.07) is 0. The number of hydrogen-bond donors (Lipinski definition) is 1. The minimum absolute atomic E-state index is 0.0303. The van der Waals surface area contributed by atoms with Crippen LogP contribution < -0.4 is 5.32 Å². The molecular weight excluding hydrogens is 260 g/mol. The molecule has 0 radical (unpaired) electrons. The highest BCUT2D eigenvalue weighted by Crippen LogP contribution is 2.28. The van der Waals surface area contributed by atoms with Crippen LogP contribution in [0.15, 0.2) is 0 Å². The van der Waals surface area contributed by atoms with Gasteiger partial charge in [-0.25, -0.2) is 0 Å². The topological polar surface area (TPSA) is 75.7 Å². The maximum atomic E-state index is 12.0. The van der Waals surface area contributed by atoms with E-state index in [1.807, 2.05) is 0 Å². The second kappa shape index (κ2) is 6.72. The lowest BCUT2D eigenvalue weighted by atomic mass is 9.98. The van der Waals surface area contributed by atoms with Gasteiger partial charge in [-0.2, -0.15) is 0 Å². The number of nitrogens with zero attached hydrogens (tertiary/aromatic N) is 1. The minimum Gasteiger partial charge on any atom is -0.466 e. The van der Waals surface area contributed by atoms with Gasteiger partial charge in [0.2, 0.25) is 11.8 Å². The van der Waals surface area contributed by atoms with Crippen LogP contribution in [0.4, 0.5) is 0 Å². The van der Waals surface area contributed by atoms with Gasteiger partial charge in [-0.05, 0) is 32.6 Å². The second-order valence-electron chi connectivity index (χ2n) is 5.42. The predicted molar refractivity (Wildman–Crippen MR) is 71.7 cm³/mol. The molecule has 1 atom stereocenters. The summed E-state index contributed by atoms with van der Waals surface area (Å²) in [6.45, 7) is 3.22. The minimum atomic E-state index is -0.230. The summed E-state index contributed by atoms with van der Waals surface area (Å²) in [4.78, 5) is 36.9. The monoisotopic (exact) mass is 282 g/mol. The molecule has 0 aromatic carbocycles. The first-order chi connectivity index (χ1) is 9.61. The predicted octanol–water partition coefficient (Wildman–Crippen LogP) is 0.314. The number of likely N-dealkylation sites (tertiary alicyclic amines) is 1. The van der Waals surface area contributed by atoms with Gasteiger partial charge in [0, 0.05) is 19.0 Å². The molecule has 0 aromatic heterocycles. The molecule has 0 spiro atoms. The summed E-state index contributed by atoms with van der Waals surface area (Å²) in [7, 11) is 0. The lowest BCUT2D eigenvalue weighted by Crippen LogP contribution is -2.47. The van der Waals surface area contributed by atoms with E-state index >= 15 is 0 Å². The highest BCUT2D eigenvalue weighted by atomic mass is 16.5. The largest absolute Gasteiger partial charge is 0.466 e. The Balaban J connectivity index is 1.77. The SMILES string of the molecule is CCOC(=O)C1CCCN(C(=O)CNC(=O)C2CC2)C1. The Bertz CT molecular complexity index is 393. The molecule has 1 aliphatic carbocycles. The zero-order chi connectivity index (χ0) is 14.5. The normalized spacial score (nSPS) is 22.2. The van der Waals surface area contributed by atoms with Gasteiger partial charge in [0.25, 0.3) is 0 Å². The van der Waals surface area contributed by atoms with Crippen molar-refractivity contribution >= 4 is 17.8 Å². The quantitative estimate of drug-likeness (QED) is 0.737. The van der Waals surface area contributed by atoms with Crippen molar-refractivity contribution in [1.29, 1.82) is 0 Å². The van der Waals surface area contributed by atoms with E-state index in [2.05, 4.69) is 5.32 Å². The van der Waals surface area contributed by atoms with E-state index in [1.54, 1.807) is 11.8 Å². The summed E-state index contributed by atoms with van der Waals surface area (Å²) < 4.78 is 5.00. The number of nitrogens with one attached hydrogen (secondary N) is 1. The lowest BCUT2D eigenvalue weighted by Gasteiger charge is -2.31. The van der Waals surface area contributed by atoms with Crippen LogP contribution in [0.5, 0.6) is 0 Å².